The maximum Gasteiger partial charge on any atom is 0.433 e. The van der Waals surface area contributed by atoms with Gasteiger partial charge in [-0.2, -0.15) is 18.3 Å². The number of urea groups is 1. The van der Waals surface area contributed by atoms with Crippen LogP contribution in [-0.2, 0) is 16.6 Å². The Morgan fingerprint density at radius 2 is 1.72 bits per heavy atom. The van der Waals surface area contributed by atoms with Crippen molar-refractivity contribution in [3.8, 4) is 0 Å². The molecule has 3 aromatic heterocycles. The van der Waals surface area contributed by atoms with E-state index in [2.05, 4.69) is 43.7 Å². The number of halogens is 3. The van der Waals surface area contributed by atoms with E-state index >= 15 is 0 Å². The number of carbonyl (C=O) groups excluding carboxylic acids is 3. The van der Waals surface area contributed by atoms with Crippen LogP contribution in [0.15, 0.2) is 67.1 Å². The summed E-state index contributed by atoms with van der Waals surface area (Å²) in [6.45, 7) is 6.60. The van der Waals surface area contributed by atoms with Crippen LogP contribution in [0.25, 0.3) is 21.7 Å². The summed E-state index contributed by atoms with van der Waals surface area (Å²) in [5.74, 6) is -0.0458. The molecule has 0 atom stereocenters. The number of imide groups is 1. The quantitative estimate of drug-likeness (QED) is 0.147. The molecule has 0 unspecified atom stereocenters. The lowest BCUT2D eigenvalue weighted by atomic mass is 9.84. The van der Waals surface area contributed by atoms with Gasteiger partial charge in [-0.3, -0.25) is 29.5 Å². The zero-order valence-corrected chi connectivity index (χ0v) is 31.9. The number of benzene rings is 2. The van der Waals surface area contributed by atoms with Gasteiger partial charge in [-0.05, 0) is 113 Å². The van der Waals surface area contributed by atoms with E-state index in [1.807, 2.05) is 17.1 Å². The molecule has 5 aromatic rings. The van der Waals surface area contributed by atoms with Crippen LogP contribution < -0.4 is 15.5 Å². The molecule has 12 nitrogen and oxygen atoms in total. The molecule has 1 saturated carbocycles. The molecular weight excluding hydrogens is 738 g/mol. The number of likely N-dealkylation sites (tertiary alicyclic amines) is 1. The maximum absolute atomic E-state index is 13.2. The van der Waals surface area contributed by atoms with E-state index in [4.69, 9.17) is 5.10 Å². The Bertz CT molecular complexity index is 2340. The van der Waals surface area contributed by atoms with Crippen LogP contribution in [0.4, 0.5) is 29.3 Å². The molecule has 0 spiro atoms. The van der Waals surface area contributed by atoms with Gasteiger partial charge in [-0.15, -0.1) is 0 Å². The molecule has 2 aliphatic heterocycles. The lowest BCUT2D eigenvalue weighted by molar-refractivity contribution is -0.141. The SMILES string of the molecule is CC(C)(O)c1cc2nn([C@H]3CC[C@H](CN4CCC(c5ccc6c(N7CCC(=O)NC7=O)cncc6c5)CC4)CC3)cc2cc1NC(=O)c1cccc(C(F)(F)F)n1. The Morgan fingerprint density at radius 3 is 2.44 bits per heavy atom. The average Bonchev–Trinajstić information content (AvgIpc) is 3.60. The van der Waals surface area contributed by atoms with E-state index in [9.17, 15) is 32.7 Å². The van der Waals surface area contributed by atoms with Crippen molar-refractivity contribution in [1.29, 1.82) is 0 Å². The molecular formula is C42H45F3N8O4. The molecule has 2 aromatic carbocycles. The van der Waals surface area contributed by atoms with Gasteiger partial charge in [-0.25, -0.2) is 9.78 Å². The van der Waals surface area contributed by atoms with Gasteiger partial charge in [0, 0.05) is 59.3 Å². The van der Waals surface area contributed by atoms with Crippen molar-refractivity contribution in [1.82, 2.24) is 30.0 Å². The van der Waals surface area contributed by atoms with E-state index < -0.39 is 29.4 Å². The van der Waals surface area contributed by atoms with Crippen molar-refractivity contribution in [2.75, 3.05) is 36.4 Å². The van der Waals surface area contributed by atoms with Gasteiger partial charge in [0.15, 0.2) is 0 Å². The minimum absolute atomic E-state index is 0.201. The third-order valence-corrected chi connectivity index (χ3v) is 11.7. The maximum atomic E-state index is 13.2. The highest BCUT2D eigenvalue weighted by molar-refractivity contribution is 6.09. The topological polar surface area (TPSA) is 146 Å². The van der Waals surface area contributed by atoms with Gasteiger partial charge >= 0.3 is 12.2 Å². The fourth-order valence-corrected chi connectivity index (χ4v) is 8.64. The van der Waals surface area contributed by atoms with Crippen LogP contribution in [-0.4, -0.2) is 73.8 Å². The van der Waals surface area contributed by atoms with Gasteiger partial charge in [0.2, 0.25) is 5.91 Å². The molecule has 3 fully saturated rings. The summed E-state index contributed by atoms with van der Waals surface area (Å²) in [5, 5.41) is 23.6. The number of nitrogens with one attached hydrogen (secondary N) is 2. The summed E-state index contributed by atoms with van der Waals surface area (Å²) in [7, 11) is 0. The highest BCUT2D eigenvalue weighted by Crippen LogP contribution is 2.38. The number of piperidine rings is 1. The molecule has 0 radical (unpaired) electrons. The number of pyridine rings is 2. The second-order valence-electron chi connectivity index (χ2n) is 16.1. The van der Waals surface area contributed by atoms with Gasteiger partial charge in [0.25, 0.3) is 5.91 Å². The van der Waals surface area contributed by atoms with Crippen molar-refractivity contribution in [3.05, 3.63) is 89.6 Å². The van der Waals surface area contributed by atoms with Crippen LogP contribution in [0, 0.1) is 5.92 Å². The van der Waals surface area contributed by atoms with Crippen LogP contribution >= 0.6 is 0 Å². The molecule has 8 rings (SSSR count). The third kappa shape index (κ3) is 8.21. The predicted octanol–water partition coefficient (Wildman–Crippen LogP) is 7.54. The van der Waals surface area contributed by atoms with Crippen molar-refractivity contribution >= 4 is 50.9 Å². The number of carbonyl (C=O) groups is 3. The van der Waals surface area contributed by atoms with Gasteiger partial charge < -0.3 is 15.3 Å². The Labute approximate surface area is 327 Å². The smallest absolute Gasteiger partial charge is 0.386 e. The monoisotopic (exact) mass is 782 g/mol. The zero-order chi connectivity index (χ0) is 40.1. The molecule has 0 bridgehead atoms. The number of rotatable bonds is 8. The minimum atomic E-state index is -4.69. The Balaban J connectivity index is 0.870. The standard InChI is InChI=1S/C42H45F3N8O4/c1-41(2,57)32-20-34-29(19-35(32)48-39(55)33-4-3-5-37(47-33)42(43,44)45)24-53(50-34)30-9-6-25(7-10-30)23-51-15-12-26(13-16-51)27-8-11-31-28(18-27)21-46-22-36(31)52-17-14-38(54)49-40(52)56/h3-5,8,11,18-22,24-26,30,57H,6-7,9-10,12-17,23H2,1-2H3,(H,48,55)(H,49,54,56)/t25-,30-. The number of alkyl halides is 3. The number of hydrogen-bond donors (Lipinski definition) is 3. The molecule has 57 heavy (non-hydrogen) atoms. The zero-order valence-electron chi connectivity index (χ0n) is 31.9. The number of anilines is 2. The summed E-state index contributed by atoms with van der Waals surface area (Å²) >= 11 is 0. The second-order valence-corrected chi connectivity index (χ2v) is 16.1. The van der Waals surface area contributed by atoms with E-state index in [1.165, 1.54) is 11.6 Å². The third-order valence-electron chi connectivity index (χ3n) is 11.7. The summed E-state index contributed by atoms with van der Waals surface area (Å²) < 4.78 is 41.7. The van der Waals surface area contributed by atoms with Crippen molar-refractivity contribution in [2.24, 2.45) is 5.92 Å². The first-order chi connectivity index (χ1) is 27.2. The summed E-state index contributed by atoms with van der Waals surface area (Å²) in [4.78, 5) is 49.3. The lowest BCUT2D eigenvalue weighted by Crippen LogP contribution is -2.49. The Hall–Kier alpha value is -5.41. The molecule has 298 valence electrons. The van der Waals surface area contributed by atoms with E-state index in [1.54, 1.807) is 37.1 Å². The van der Waals surface area contributed by atoms with Crippen LogP contribution in [0.2, 0.25) is 0 Å². The molecule has 3 aliphatic rings. The van der Waals surface area contributed by atoms with Crippen LogP contribution in [0.5, 0.6) is 0 Å². The molecule has 15 heteroatoms. The molecule has 2 saturated heterocycles. The van der Waals surface area contributed by atoms with Gasteiger partial charge in [-0.1, -0.05) is 18.2 Å². The summed E-state index contributed by atoms with van der Waals surface area (Å²) in [5.41, 5.74) is 0.405. The first-order valence-corrected chi connectivity index (χ1v) is 19.5. The average molecular weight is 783 g/mol. The second kappa shape index (κ2) is 15.2. The number of fused-ring (bicyclic) bond motifs is 2. The first kappa shape index (κ1) is 38.5. The molecule has 1 aliphatic carbocycles. The number of nitrogens with zero attached hydrogens (tertiary/aromatic N) is 6. The summed E-state index contributed by atoms with van der Waals surface area (Å²) in [6, 6.07) is 12.8. The first-order valence-electron chi connectivity index (χ1n) is 19.5. The van der Waals surface area contributed by atoms with Crippen molar-refractivity contribution in [3.63, 3.8) is 0 Å². The van der Waals surface area contributed by atoms with Gasteiger partial charge in [0.05, 0.1) is 29.0 Å². The molecule has 3 N–H and O–H groups in total. The number of aromatic nitrogens is 4. The fourth-order valence-electron chi connectivity index (χ4n) is 8.64. The lowest BCUT2D eigenvalue weighted by Gasteiger charge is -2.37. The highest BCUT2D eigenvalue weighted by atomic mass is 19.4. The largest absolute Gasteiger partial charge is 0.433 e. The predicted molar refractivity (Wildman–Crippen MR) is 209 cm³/mol. The van der Waals surface area contributed by atoms with Gasteiger partial charge in [0.1, 0.15) is 11.4 Å². The number of amides is 4. The highest BCUT2D eigenvalue weighted by Gasteiger charge is 2.34. The fraction of sp³-hybridized carbons (Fsp3) is 0.429. The van der Waals surface area contributed by atoms with E-state index in [0.29, 0.717) is 35.1 Å². The minimum Gasteiger partial charge on any atom is -0.386 e. The van der Waals surface area contributed by atoms with Crippen LogP contribution in [0.1, 0.15) is 98.1 Å². The Kier molecular flexibility index (Phi) is 10.2. The number of aliphatic hydroxyl groups is 1. The molecule has 4 amide bonds. The Morgan fingerprint density at radius 1 is 0.947 bits per heavy atom. The van der Waals surface area contributed by atoms with Crippen molar-refractivity contribution < 1.29 is 32.7 Å². The normalized spacial score (nSPS) is 20.3. The van der Waals surface area contributed by atoms with Crippen molar-refractivity contribution in [2.45, 2.75) is 82.5 Å². The van der Waals surface area contributed by atoms with Crippen LogP contribution in [0.3, 0.4) is 0 Å². The van der Waals surface area contributed by atoms with E-state index in [0.717, 1.165) is 86.5 Å². The molecule has 5 heterocycles. The number of hydrogen-bond acceptors (Lipinski definition) is 8. The van der Waals surface area contributed by atoms with E-state index in [-0.39, 0.29) is 29.8 Å². The summed E-state index contributed by atoms with van der Waals surface area (Å²) in [6.07, 6.45) is 7.25.